The van der Waals surface area contributed by atoms with Crippen LogP contribution in [-0.2, 0) is 27.8 Å². The first-order valence-electron chi connectivity index (χ1n) is 11.7. The van der Waals surface area contributed by atoms with Gasteiger partial charge in [0.05, 0.1) is 11.5 Å². The number of hydrogen-bond acceptors (Lipinski definition) is 6. The quantitative estimate of drug-likeness (QED) is 0.567. The van der Waals surface area contributed by atoms with Gasteiger partial charge in [-0.05, 0) is 44.5 Å². The molecule has 0 aliphatic carbocycles. The van der Waals surface area contributed by atoms with Gasteiger partial charge < -0.3 is 14.8 Å². The molecule has 0 spiro atoms. The van der Waals surface area contributed by atoms with E-state index in [1.54, 1.807) is 18.2 Å². The van der Waals surface area contributed by atoms with E-state index in [2.05, 4.69) is 15.0 Å². The molecule has 9 heteroatoms. The van der Waals surface area contributed by atoms with Crippen molar-refractivity contribution in [2.24, 2.45) is 4.99 Å². The van der Waals surface area contributed by atoms with Crippen molar-refractivity contribution < 1.29 is 22.7 Å². The zero-order chi connectivity index (χ0) is 24.3. The zero-order valence-electron chi connectivity index (χ0n) is 19.8. The Morgan fingerprint density at radius 2 is 2.09 bits per heavy atom. The molecule has 34 heavy (non-hydrogen) atoms. The lowest BCUT2D eigenvalue weighted by Crippen LogP contribution is -2.35. The Labute approximate surface area is 200 Å². The van der Waals surface area contributed by atoms with Gasteiger partial charge in [0.15, 0.2) is 0 Å². The number of ether oxygens (including phenoxy) is 2. The van der Waals surface area contributed by atoms with Crippen LogP contribution in [0.2, 0.25) is 0 Å². The summed E-state index contributed by atoms with van der Waals surface area (Å²) in [6.45, 7) is 6.76. The van der Waals surface area contributed by atoms with Gasteiger partial charge in [0.1, 0.15) is 29.5 Å². The van der Waals surface area contributed by atoms with Crippen molar-refractivity contribution in [2.75, 3.05) is 6.61 Å². The molecule has 2 unspecified atom stereocenters. The van der Waals surface area contributed by atoms with E-state index in [0.717, 1.165) is 41.9 Å². The van der Waals surface area contributed by atoms with Crippen molar-refractivity contribution in [3.63, 3.8) is 0 Å². The van der Waals surface area contributed by atoms with Gasteiger partial charge >= 0.3 is 0 Å². The molecule has 0 aromatic heterocycles. The van der Waals surface area contributed by atoms with Gasteiger partial charge in [0.2, 0.25) is 5.91 Å². The number of carbonyl (C=O) groups excluding carboxylic acids is 1. The number of fused-ring (bicyclic) bond motifs is 2. The average molecular weight is 486 g/mol. The van der Waals surface area contributed by atoms with Crippen LogP contribution in [0.4, 0.5) is 0 Å². The highest BCUT2D eigenvalue weighted by molar-refractivity contribution is 7.90. The fourth-order valence-electron chi connectivity index (χ4n) is 4.25. The van der Waals surface area contributed by atoms with Crippen LogP contribution in [0, 0.1) is 0 Å². The monoisotopic (exact) mass is 485 g/mol. The topological polar surface area (TPSA) is 106 Å². The van der Waals surface area contributed by atoms with Gasteiger partial charge in [0.25, 0.3) is 10.0 Å². The Morgan fingerprint density at radius 3 is 2.85 bits per heavy atom. The van der Waals surface area contributed by atoms with Crippen LogP contribution in [0.3, 0.4) is 0 Å². The Balaban J connectivity index is 1.55. The molecule has 2 aliphatic heterocycles. The maximum atomic E-state index is 13.2. The molecule has 2 aromatic carbocycles. The van der Waals surface area contributed by atoms with E-state index in [1.165, 1.54) is 6.07 Å². The van der Waals surface area contributed by atoms with Gasteiger partial charge in [-0.15, -0.1) is 0 Å². The lowest BCUT2D eigenvalue weighted by molar-refractivity contribution is -0.122. The molecule has 2 aliphatic rings. The molecule has 8 nitrogen and oxygen atoms in total. The maximum absolute atomic E-state index is 13.2. The van der Waals surface area contributed by atoms with E-state index in [9.17, 15) is 13.2 Å². The first-order chi connectivity index (χ1) is 16.3. The molecule has 4 rings (SSSR count). The van der Waals surface area contributed by atoms with Crippen LogP contribution in [0.5, 0.6) is 11.5 Å². The van der Waals surface area contributed by atoms with Crippen molar-refractivity contribution in [1.29, 1.82) is 0 Å². The number of sulfonamides is 1. The van der Waals surface area contributed by atoms with Crippen molar-refractivity contribution in [2.45, 2.75) is 70.0 Å². The number of benzene rings is 2. The van der Waals surface area contributed by atoms with E-state index < -0.39 is 16.1 Å². The van der Waals surface area contributed by atoms with Crippen molar-refractivity contribution in [1.82, 2.24) is 10.0 Å². The number of aliphatic imine (C=N–C) groups is 1. The number of nitrogens with one attached hydrogen (secondary N) is 2. The highest BCUT2D eigenvalue weighted by atomic mass is 32.2. The molecule has 2 N–H and O–H groups in total. The van der Waals surface area contributed by atoms with E-state index >= 15 is 0 Å². The standard InChI is InChI=1S/C25H31N3O5S/c1-4-6-10-20(27-24-19-9-7-8-11-23(19)34(30,31)28-24)25(29)26-15-18-14-22-17(12-16(3)33-22)13-21(18)32-5-2/h7-9,11,13-14,16,20H,4-6,10,12,15H2,1-3H3,(H,26,29)(H,27,28). The first-order valence-corrected chi connectivity index (χ1v) is 13.2. The second-order valence-corrected chi connectivity index (χ2v) is 10.2. The predicted octanol–water partition coefficient (Wildman–Crippen LogP) is 3.32. The minimum atomic E-state index is -3.67. The Kier molecular flexibility index (Phi) is 7.11. The van der Waals surface area contributed by atoms with E-state index in [1.807, 2.05) is 32.9 Å². The molecule has 2 heterocycles. The summed E-state index contributed by atoms with van der Waals surface area (Å²) in [6.07, 6.45) is 3.14. The summed E-state index contributed by atoms with van der Waals surface area (Å²) >= 11 is 0. The van der Waals surface area contributed by atoms with Gasteiger partial charge in [-0.2, -0.15) is 0 Å². The second kappa shape index (κ2) is 10.0. The number of amides is 1. The molecular formula is C25H31N3O5S. The first kappa shape index (κ1) is 24.1. The van der Waals surface area contributed by atoms with Crippen LogP contribution >= 0.6 is 0 Å². The summed E-state index contributed by atoms with van der Waals surface area (Å²) in [4.78, 5) is 17.9. The molecule has 0 saturated carbocycles. The number of rotatable bonds is 9. The second-order valence-electron chi connectivity index (χ2n) is 8.59. The fraction of sp³-hybridized carbons (Fsp3) is 0.440. The van der Waals surface area contributed by atoms with Crippen LogP contribution < -0.4 is 19.5 Å². The SMILES string of the molecule is CCCCC(N=C1NS(=O)(=O)c2ccccc21)C(=O)NCc1cc2c(cc1OCC)CC(C)O2. The van der Waals surface area contributed by atoms with Crippen molar-refractivity contribution in [3.05, 3.63) is 53.1 Å². The lowest BCUT2D eigenvalue weighted by Gasteiger charge is -2.16. The normalized spacial score (nSPS) is 19.6. The van der Waals surface area contributed by atoms with Crippen molar-refractivity contribution >= 4 is 21.8 Å². The Bertz CT molecular complexity index is 1210. The third-order valence-electron chi connectivity index (χ3n) is 5.91. The fourth-order valence-corrected chi connectivity index (χ4v) is 5.49. The molecular weight excluding hydrogens is 454 g/mol. The summed E-state index contributed by atoms with van der Waals surface area (Å²) in [5.74, 6) is 1.50. The van der Waals surface area contributed by atoms with Crippen LogP contribution in [0.1, 0.15) is 56.7 Å². The Morgan fingerprint density at radius 1 is 1.29 bits per heavy atom. The summed E-state index contributed by atoms with van der Waals surface area (Å²) in [7, 11) is -3.67. The van der Waals surface area contributed by atoms with E-state index in [0.29, 0.717) is 18.6 Å². The minimum Gasteiger partial charge on any atom is -0.494 e. The van der Waals surface area contributed by atoms with Gasteiger partial charge in [-0.3, -0.25) is 14.5 Å². The van der Waals surface area contributed by atoms with Gasteiger partial charge in [-0.25, -0.2) is 8.42 Å². The van der Waals surface area contributed by atoms with E-state index in [4.69, 9.17) is 9.47 Å². The number of amidine groups is 1. The largest absolute Gasteiger partial charge is 0.494 e. The highest BCUT2D eigenvalue weighted by Gasteiger charge is 2.32. The summed E-state index contributed by atoms with van der Waals surface area (Å²) in [5, 5.41) is 2.97. The molecule has 1 amide bonds. The molecule has 182 valence electrons. The molecule has 0 saturated heterocycles. The molecule has 0 bridgehead atoms. The number of nitrogens with zero attached hydrogens (tertiary/aromatic N) is 1. The average Bonchev–Trinajstić information content (AvgIpc) is 3.30. The minimum absolute atomic E-state index is 0.113. The molecule has 2 aromatic rings. The number of carbonyl (C=O) groups is 1. The molecule has 2 atom stereocenters. The molecule has 0 radical (unpaired) electrons. The van der Waals surface area contributed by atoms with Gasteiger partial charge in [0, 0.05) is 29.7 Å². The third-order valence-corrected chi connectivity index (χ3v) is 7.31. The summed E-state index contributed by atoms with van der Waals surface area (Å²) in [6, 6.07) is 9.85. The van der Waals surface area contributed by atoms with Crippen molar-refractivity contribution in [3.8, 4) is 11.5 Å². The van der Waals surface area contributed by atoms with E-state index in [-0.39, 0.29) is 29.3 Å². The number of unbranched alkanes of at least 4 members (excludes halogenated alkanes) is 1. The maximum Gasteiger partial charge on any atom is 0.263 e. The van der Waals surface area contributed by atoms with Crippen LogP contribution in [0.15, 0.2) is 46.3 Å². The number of hydrogen-bond donors (Lipinski definition) is 2. The van der Waals surface area contributed by atoms with Crippen LogP contribution in [-0.4, -0.2) is 38.9 Å². The van der Waals surface area contributed by atoms with Crippen LogP contribution in [0.25, 0.3) is 0 Å². The smallest absolute Gasteiger partial charge is 0.263 e. The Hall–Kier alpha value is -3.07. The summed E-state index contributed by atoms with van der Waals surface area (Å²) in [5.41, 5.74) is 2.42. The highest BCUT2D eigenvalue weighted by Crippen LogP contribution is 2.35. The predicted molar refractivity (Wildman–Crippen MR) is 130 cm³/mol. The zero-order valence-corrected chi connectivity index (χ0v) is 20.6. The lowest BCUT2D eigenvalue weighted by atomic mass is 10.1. The summed E-state index contributed by atoms with van der Waals surface area (Å²) < 4.78 is 39.1. The molecule has 0 fully saturated rings. The third kappa shape index (κ3) is 5.04. The van der Waals surface area contributed by atoms with Gasteiger partial charge in [-0.1, -0.05) is 31.9 Å².